The minimum absolute atomic E-state index is 0.222. The molecule has 0 saturated carbocycles. The number of esters is 2. The van der Waals surface area contributed by atoms with Gasteiger partial charge in [-0.2, -0.15) is 0 Å². The van der Waals surface area contributed by atoms with Gasteiger partial charge in [0, 0.05) is 12.5 Å². The van der Waals surface area contributed by atoms with E-state index in [1.807, 2.05) is 6.92 Å². The first kappa shape index (κ1) is 15.0. The molecule has 0 saturated heterocycles. The summed E-state index contributed by atoms with van der Waals surface area (Å²) in [5.74, 6) is -0.119. The maximum absolute atomic E-state index is 11.4. The molecule has 0 amide bonds. The molecule has 0 radical (unpaired) electrons. The quantitative estimate of drug-likeness (QED) is 0.449. The van der Waals surface area contributed by atoms with Crippen LogP contribution in [-0.4, -0.2) is 19.0 Å². The summed E-state index contributed by atoms with van der Waals surface area (Å²) in [6.45, 7) is 2.02. The lowest BCUT2D eigenvalue weighted by molar-refractivity contribution is -0.135. The van der Waals surface area contributed by atoms with Crippen LogP contribution in [0.2, 0.25) is 0 Å². The van der Waals surface area contributed by atoms with Crippen LogP contribution < -0.4 is 4.74 Å². The number of methoxy groups -OCH3 is 1. The van der Waals surface area contributed by atoms with Crippen LogP contribution in [0.5, 0.6) is 5.75 Å². The van der Waals surface area contributed by atoms with Crippen molar-refractivity contribution < 1.29 is 19.1 Å². The summed E-state index contributed by atoms with van der Waals surface area (Å²) >= 11 is 0. The summed E-state index contributed by atoms with van der Waals surface area (Å²) in [5, 5.41) is 0. The van der Waals surface area contributed by atoms with Gasteiger partial charge in [0.25, 0.3) is 0 Å². The summed E-state index contributed by atoms with van der Waals surface area (Å²) < 4.78 is 9.65. The van der Waals surface area contributed by atoms with Crippen LogP contribution in [-0.2, 0) is 14.3 Å². The van der Waals surface area contributed by atoms with Crippen LogP contribution in [0.25, 0.3) is 6.08 Å². The number of hydrogen-bond donors (Lipinski definition) is 0. The minimum Gasteiger partial charge on any atom is -0.466 e. The van der Waals surface area contributed by atoms with Crippen molar-refractivity contribution in [2.75, 3.05) is 7.11 Å². The molecule has 0 aliphatic carbocycles. The third-order valence-corrected chi connectivity index (χ3v) is 2.46. The fourth-order valence-corrected chi connectivity index (χ4v) is 1.38. The van der Waals surface area contributed by atoms with Gasteiger partial charge in [0.15, 0.2) is 0 Å². The molecule has 1 aromatic rings. The highest BCUT2D eigenvalue weighted by atomic mass is 16.5. The molecular formula is C15H18O4. The zero-order valence-corrected chi connectivity index (χ0v) is 11.2. The maximum atomic E-state index is 11.4. The van der Waals surface area contributed by atoms with Crippen molar-refractivity contribution in [1.29, 1.82) is 0 Å². The van der Waals surface area contributed by atoms with Crippen molar-refractivity contribution in [3.8, 4) is 5.75 Å². The molecule has 1 aromatic carbocycles. The second-order valence-electron chi connectivity index (χ2n) is 4.00. The maximum Gasteiger partial charge on any atom is 0.330 e. The van der Waals surface area contributed by atoms with Gasteiger partial charge in [0.05, 0.1) is 7.11 Å². The van der Waals surface area contributed by atoms with Crippen LogP contribution in [0.3, 0.4) is 0 Å². The van der Waals surface area contributed by atoms with E-state index in [9.17, 15) is 9.59 Å². The Hall–Kier alpha value is -2.10. The van der Waals surface area contributed by atoms with Crippen LogP contribution in [0.4, 0.5) is 0 Å². The Morgan fingerprint density at radius 2 is 1.89 bits per heavy atom. The Labute approximate surface area is 113 Å². The molecule has 102 valence electrons. The fraction of sp³-hybridized carbons (Fsp3) is 0.333. The number of carbonyl (C=O) groups excluding carboxylic acids is 2. The highest BCUT2D eigenvalue weighted by molar-refractivity contribution is 5.86. The number of rotatable bonds is 6. The number of carbonyl (C=O) groups is 2. The monoisotopic (exact) mass is 262 g/mol. The normalized spacial score (nSPS) is 10.4. The lowest BCUT2D eigenvalue weighted by atomic mass is 10.2. The van der Waals surface area contributed by atoms with Crippen molar-refractivity contribution in [2.45, 2.75) is 26.2 Å². The summed E-state index contributed by atoms with van der Waals surface area (Å²) in [6.07, 6.45) is 5.20. The lowest BCUT2D eigenvalue weighted by Crippen LogP contribution is -2.07. The van der Waals surface area contributed by atoms with E-state index in [1.54, 1.807) is 30.3 Å². The van der Waals surface area contributed by atoms with E-state index in [1.165, 1.54) is 13.2 Å². The summed E-state index contributed by atoms with van der Waals surface area (Å²) in [5.41, 5.74) is 0.832. The van der Waals surface area contributed by atoms with Gasteiger partial charge in [-0.1, -0.05) is 25.5 Å². The predicted molar refractivity (Wildman–Crippen MR) is 72.7 cm³/mol. The molecule has 1 rings (SSSR count). The third-order valence-electron chi connectivity index (χ3n) is 2.46. The molecule has 0 bridgehead atoms. The molecule has 0 aromatic heterocycles. The van der Waals surface area contributed by atoms with E-state index < -0.39 is 5.97 Å². The largest absolute Gasteiger partial charge is 0.466 e. The number of ether oxygens (including phenoxy) is 2. The first-order chi connectivity index (χ1) is 9.15. The van der Waals surface area contributed by atoms with E-state index in [0.717, 1.165) is 18.4 Å². The van der Waals surface area contributed by atoms with Crippen molar-refractivity contribution in [2.24, 2.45) is 0 Å². The van der Waals surface area contributed by atoms with Gasteiger partial charge in [0.1, 0.15) is 5.75 Å². The second kappa shape index (κ2) is 8.08. The zero-order chi connectivity index (χ0) is 14.1. The van der Waals surface area contributed by atoms with Gasteiger partial charge in [0.2, 0.25) is 0 Å². The van der Waals surface area contributed by atoms with E-state index in [-0.39, 0.29) is 5.97 Å². The van der Waals surface area contributed by atoms with Crippen molar-refractivity contribution in [1.82, 2.24) is 0 Å². The van der Waals surface area contributed by atoms with Crippen molar-refractivity contribution in [3.05, 3.63) is 35.9 Å². The van der Waals surface area contributed by atoms with E-state index >= 15 is 0 Å². The molecule has 0 spiro atoms. The highest BCUT2D eigenvalue weighted by Gasteiger charge is 2.03. The SMILES string of the molecule is CCCCC(=O)Oc1ccc(/C=C/C(=O)OC)cc1. The molecule has 0 aliphatic rings. The summed E-state index contributed by atoms with van der Waals surface area (Å²) in [4.78, 5) is 22.3. The van der Waals surface area contributed by atoms with Crippen LogP contribution in [0, 0.1) is 0 Å². The third kappa shape index (κ3) is 5.86. The first-order valence-corrected chi connectivity index (χ1v) is 6.22. The van der Waals surface area contributed by atoms with Crippen LogP contribution in [0.1, 0.15) is 31.7 Å². The van der Waals surface area contributed by atoms with Gasteiger partial charge < -0.3 is 9.47 Å². The molecule has 0 N–H and O–H groups in total. The molecular weight excluding hydrogens is 244 g/mol. The Kier molecular flexibility index (Phi) is 6.36. The van der Waals surface area contributed by atoms with Gasteiger partial charge in [-0.25, -0.2) is 4.79 Å². The Balaban J connectivity index is 2.54. The first-order valence-electron chi connectivity index (χ1n) is 6.22. The highest BCUT2D eigenvalue weighted by Crippen LogP contribution is 2.14. The van der Waals surface area contributed by atoms with Gasteiger partial charge >= 0.3 is 11.9 Å². The molecule has 19 heavy (non-hydrogen) atoms. The van der Waals surface area contributed by atoms with Crippen molar-refractivity contribution >= 4 is 18.0 Å². The standard InChI is InChI=1S/C15H18O4/c1-3-4-5-15(17)19-13-9-6-12(7-10-13)8-11-14(16)18-2/h6-11H,3-5H2,1-2H3/b11-8+. The molecule has 0 heterocycles. The number of benzene rings is 1. The topological polar surface area (TPSA) is 52.6 Å². The Morgan fingerprint density at radius 1 is 1.21 bits per heavy atom. The smallest absolute Gasteiger partial charge is 0.330 e. The number of unbranched alkanes of at least 4 members (excludes halogenated alkanes) is 1. The second-order valence-corrected chi connectivity index (χ2v) is 4.00. The van der Waals surface area contributed by atoms with Crippen molar-refractivity contribution in [3.63, 3.8) is 0 Å². The fourth-order valence-electron chi connectivity index (χ4n) is 1.38. The van der Waals surface area contributed by atoms with E-state index in [4.69, 9.17) is 4.74 Å². The van der Waals surface area contributed by atoms with E-state index in [2.05, 4.69) is 4.74 Å². The molecule has 0 fully saturated rings. The molecule has 0 atom stereocenters. The Morgan fingerprint density at radius 3 is 2.47 bits per heavy atom. The average Bonchev–Trinajstić information content (AvgIpc) is 2.44. The summed E-state index contributed by atoms with van der Waals surface area (Å²) in [6, 6.07) is 6.92. The Bertz CT molecular complexity index is 446. The zero-order valence-electron chi connectivity index (χ0n) is 11.2. The molecule has 0 aliphatic heterocycles. The summed E-state index contributed by atoms with van der Waals surface area (Å²) in [7, 11) is 1.32. The molecule has 4 heteroatoms. The molecule has 0 unspecified atom stereocenters. The molecule has 4 nitrogen and oxygen atoms in total. The van der Waals surface area contributed by atoms with Gasteiger partial charge in [-0.15, -0.1) is 0 Å². The van der Waals surface area contributed by atoms with Crippen LogP contribution in [0.15, 0.2) is 30.3 Å². The predicted octanol–water partition coefficient (Wildman–Crippen LogP) is 2.97. The van der Waals surface area contributed by atoms with Crippen LogP contribution >= 0.6 is 0 Å². The lowest BCUT2D eigenvalue weighted by Gasteiger charge is -2.03. The minimum atomic E-state index is -0.407. The number of hydrogen-bond acceptors (Lipinski definition) is 4. The van der Waals surface area contributed by atoms with Gasteiger partial charge in [-0.3, -0.25) is 4.79 Å². The van der Waals surface area contributed by atoms with Gasteiger partial charge in [-0.05, 0) is 30.2 Å². The average molecular weight is 262 g/mol. The van der Waals surface area contributed by atoms with E-state index in [0.29, 0.717) is 12.2 Å².